The molecule has 0 fully saturated rings. The van der Waals surface area contributed by atoms with E-state index >= 15 is 0 Å². The number of hydrogen-bond donors (Lipinski definition) is 6. The van der Waals surface area contributed by atoms with E-state index in [0.717, 1.165) is 116 Å². The van der Waals surface area contributed by atoms with Crippen LogP contribution in [0.2, 0.25) is 0 Å². The fourth-order valence-corrected chi connectivity index (χ4v) is 14.1. The number of phosphoric ester groups is 2. The largest absolute Gasteiger partial charge is 0.472 e. The summed E-state index contributed by atoms with van der Waals surface area (Å²) < 4.78 is 71.2. The topological polar surface area (TPSA) is 299 Å². The number of unbranched alkanes of at least 4 members (excludes halogenated alkanes) is 40. The zero-order valence-corrected chi connectivity index (χ0v) is 76.0. The van der Waals surface area contributed by atoms with Crippen LogP contribution in [0.1, 0.15) is 382 Å². The monoisotopic (exact) mass is 1700 g/mol. The number of esters is 2. The summed E-state index contributed by atoms with van der Waals surface area (Å²) in [6.45, 7) is 10.1. The molecule has 0 bridgehead atoms. The Kier molecular flexibility index (Phi) is 80.3. The van der Waals surface area contributed by atoms with Gasteiger partial charge >= 0.3 is 27.6 Å². The molecule has 0 radical (unpaired) electrons. The number of phosphoric acid groups is 2. The van der Waals surface area contributed by atoms with E-state index in [4.69, 9.17) is 37.0 Å². The van der Waals surface area contributed by atoms with Crippen molar-refractivity contribution in [3.8, 4) is 94.7 Å². The number of nitrogens with one attached hydrogen (secondary N) is 4. The number of carbonyl (C=O) groups is 6. The summed E-state index contributed by atoms with van der Waals surface area (Å²) in [7, 11) is -9.57. The highest BCUT2D eigenvalue weighted by atomic mass is 31.2. The van der Waals surface area contributed by atoms with Crippen molar-refractivity contribution in [1.82, 2.24) is 21.3 Å². The van der Waals surface area contributed by atoms with Crippen LogP contribution in [0.4, 0.5) is 0 Å². The van der Waals surface area contributed by atoms with Gasteiger partial charge in [-0.1, -0.05) is 297 Å². The standard InChI is InChI=1S/C95H154N4O18P2/c1-7-13-19-25-30-35-38-39-40-41-44-47-50-56-62-68-89(117-95(105)72-66-60-54-46-34-29-23-17-11-5)74-78-111-83-87(99-91(101)70-64-58-52-49-43-37-32-27-21-15-9-3)85-115-119(108,109)113-80-76-97-93(103)81-92(102)96-75-79-112-118(106,107)114-84-86(98-90(100)69-63-57-51-48-42-36-31-26-20-14-8-2)82-110-77-73-88(67-61-55-24-18-12-6)116-94(104)71-65-59-53-45-33-28-22-16-10-4/h86-89H,8-12,14-18,20-24,26-29,31-34,36-37,42-43,45-46,48-49,51-55,57-61,63-67,69-85H2,1-6H3,(H,96,102)(H,97,103)(H,98,100)(H,99,101)(H,106,107)(H,108,109)/t86-,87+,88+,89-/m0/s1. The molecule has 0 aliphatic carbocycles. The van der Waals surface area contributed by atoms with Crippen LogP contribution in [-0.4, -0.2) is 136 Å². The summed E-state index contributed by atoms with van der Waals surface area (Å²) in [4.78, 5) is 99.8. The van der Waals surface area contributed by atoms with Gasteiger partial charge in [0.2, 0.25) is 23.6 Å². The van der Waals surface area contributed by atoms with E-state index in [-0.39, 0.29) is 89.1 Å². The molecule has 0 saturated heterocycles. The number of rotatable bonds is 80. The summed E-state index contributed by atoms with van der Waals surface area (Å²) in [5.41, 5.74) is 0. The highest BCUT2D eigenvalue weighted by Gasteiger charge is 2.27. The van der Waals surface area contributed by atoms with Crippen LogP contribution < -0.4 is 21.3 Å². The minimum atomic E-state index is -4.81. The lowest BCUT2D eigenvalue weighted by Gasteiger charge is -2.22. The van der Waals surface area contributed by atoms with E-state index in [1.807, 2.05) is 0 Å². The summed E-state index contributed by atoms with van der Waals surface area (Å²) in [5.74, 6) is 38.7. The Labute approximate surface area is 720 Å². The zero-order valence-electron chi connectivity index (χ0n) is 74.2. The quantitative estimate of drug-likeness (QED) is 0.0108. The van der Waals surface area contributed by atoms with Crippen molar-refractivity contribution >= 4 is 51.2 Å². The first-order valence-corrected chi connectivity index (χ1v) is 48.7. The first-order valence-electron chi connectivity index (χ1n) is 45.7. The predicted octanol–water partition coefficient (Wildman–Crippen LogP) is 19.1. The fraction of sp³-hybridized carbons (Fsp3) is 0.768. The van der Waals surface area contributed by atoms with E-state index < -0.39 is 84.5 Å². The Morgan fingerprint density at radius 3 is 0.950 bits per heavy atom. The van der Waals surface area contributed by atoms with E-state index in [0.29, 0.717) is 38.5 Å². The molecule has 6 atom stereocenters. The number of carbonyl (C=O) groups excluding carboxylic acids is 6. The van der Waals surface area contributed by atoms with Crippen LogP contribution in [0.5, 0.6) is 0 Å². The van der Waals surface area contributed by atoms with Gasteiger partial charge in [-0.2, -0.15) is 0 Å². The third-order valence-corrected chi connectivity index (χ3v) is 21.4. The number of ether oxygens (including phenoxy) is 4. The molecule has 4 amide bonds. The third kappa shape index (κ3) is 82.2. The Balaban J connectivity index is 5.83. The maximum absolute atomic E-state index is 13.3. The third-order valence-electron chi connectivity index (χ3n) is 19.4. The average Bonchev–Trinajstić information content (AvgIpc) is 0.963. The van der Waals surface area contributed by atoms with Crippen molar-refractivity contribution < 1.29 is 84.7 Å². The first-order chi connectivity index (χ1) is 57.9. The Morgan fingerprint density at radius 1 is 0.311 bits per heavy atom. The molecular formula is C95H154N4O18P2. The molecular weight excluding hydrogens is 1550 g/mol. The Morgan fingerprint density at radius 2 is 0.605 bits per heavy atom. The van der Waals surface area contributed by atoms with Gasteiger partial charge in [0.25, 0.3) is 0 Å². The predicted molar refractivity (Wildman–Crippen MR) is 476 cm³/mol. The molecule has 0 spiro atoms. The molecule has 2 unspecified atom stereocenters. The second-order valence-corrected chi connectivity index (χ2v) is 33.4. The molecule has 0 aromatic rings. The van der Waals surface area contributed by atoms with Gasteiger partial charge in [0.05, 0.1) is 64.9 Å². The second kappa shape index (κ2) is 85.0. The van der Waals surface area contributed by atoms with Gasteiger partial charge in [0.1, 0.15) is 12.5 Å². The van der Waals surface area contributed by atoms with Crippen molar-refractivity contribution in [3.05, 3.63) is 0 Å². The van der Waals surface area contributed by atoms with Crippen molar-refractivity contribution in [2.24, 2.45) is 0 Å². The van der Waals surface area contributed by atoms with Gasteiger partial charge in [-0.3, -0.25) is 46.9 Å². The summed E-state index contributed by atoms with van der Waals surface area (Å²) in [5, 5.41) is 10.6. The highest BCUT2D eigenvalue weighted by Crippen LogP contribution is 2.44. The summed E-state index contributed by atoms with van der Waals surface area (Å²) in [6.07, 6.45) is 50.3. The molecule has 0 aliphatic heterocycles. The van der Waals surface area contributed by atoms with Gasteiger partial charge < -0.3 is 50.0 Å². The molecule has 0 saturated carbocycles. The summed E-state index contributed by atoms with van der Waals surface area (Å²) in [6, 6.07) is -1.77. The molecule has 6 N–H and O–H groups in total. The van der Waals surface area contributed by atoms with E-state index in [1.165, 1.54) is 154 Å². The van der Waals surface area contributed by atoms with Crippen LogP contribution in [0.15, 0.2) is 0 Å². The van der Waals surface area contributed by atoms with Crippen LogP contribution in [0.3, 0.4) is 0 Å². The van der Waals surface area contributed by atoms with Crippen molar-refractivity contribution in [2.45, 2.75) is 406 Å². The van der Waals surface area contributed by atoms with Gasteiger partial charge in [-0.05, 0) is 134 Å². The molecule has 672 valence electrons. The molecule has 0 aromatic heterocycles. The Hall–Kier alpha value is -6.56. The molecule has 0 rings (SSSR count). The molecule has 24 heteroatoms. The fourth-order valence-electron chi connectivity index (χ4n) is 12.6. The van der Waals surface area contributed by atoms with Crippen LogP contribution in [-0.2, 0) is 74.9 Å². The number of amides is 4. The molecule has 0 heterocycles. The van der Waals surface area contributed by atoms with Gasteiger partial charge in [0.15, 0.2) is 6.10 Å². The lowest BCUT2D eigenvalue weighted by Crippen LogP contribution is -2.41. The van der Waals surface area contributed by atoms with Crippen LogP contribution in [0, 0.1) is 94.7 Å². The molecule has 119 heavy (non-hydrogen) atoms. The lowest BCUT2D eigenvalue weighted by molar-refractivity contribution is -0.151. The van der Waals surface area contributed by atoms with E-state index in [1.54, 1.807) is 6.92 Å². The van der Waals surface area contributed by atoms with Crippen LogP contribution in [0.25, 0.3) is 0 Å². The second-order valence-electron chi connectivity index (χ2n) is 30.5. The van der Waals surface area contributed by atoms with Crippen molar-refractivity contribution in [3.63, 3.8) is 0 Å². The SMILES string of the molecule is CC#CC#CC#CC#CC#CC#CC#CC#C[C@@H](CCOC[C@H](COP(=O)(O)OCCNC(=O)CC(=O)NCCOP(=O)(O)OC[C@H](COCC[C@@H](CCCCCCC)OC(=O)CCCCCCCCCCC)NC(=O)CCCCCCCCCCCCC)NC(=O)CCCCCCCCCCCCC)OC(=O)CCCCCCCCCCC. The van der Waals surface area contributed by atoms with Gasteiger partial charge in [-0.25, -0.2) is 9.13 Å². The lowest BCUT2D eigenvalue weighted by atomic mass is 10.1. The Bertz CT molecular complexity index is 3290. The van der Waals surface area contributed by atoms with E-state index in [9.17, 15) is 47.7 Å². The maximum atomic E-state index is 13.3. The minimum absolute atomic E-state index is 0.00821. The van der Waals surface area contributed by atoms with Gasteiger partial charge in [0, 0.05) is 51.6 Å². The zero-order chi connectivity index (χ0) is 87.1. The van der Waals surface area contributed by atoms with Gasteiger partial charge in [-0.15, -0.1) is 0 Å². The van der Waals surface area contributed by atoms with Crippen LogP contribution >= 0.6 is 15.6 Å². The molecule has 0 aromatic carbocycles. The normalized spacial score (nSPS) is 12.6. The maximum Gasteiger partial charge on any atom is 0.472 e. The van der Waals surface area contributed by atoms with E-state index in [2.05, 4.69) is 151 Å². The highest BCUT2D eigenvalue weighted by molar-refractivity contribution is 7.47. The van der Waals surface area contributed by atoms with Crippen molar-refractivity contribution in [2.75, 3.05) is 65.9 Å². The summed E-state index contributed by atoms with van der Waals surface area (Å²) >= 11 is 0. The number of hydrogen-bond acceptors (Lipinski definition) is 16. The average molecular weight is 1700 g/mol. The van der Waals surface area contributed by atoms with Crippen molar-refractivity contribution in [1.29, 1.82) is 0 Å². The molecule has 0 aliphatic rings. The first kappa shape index (κ1) is 112. The molecule has 22 nitrogen and oxygen atoms in total. The smallest absolute Gasteiger partial charge is 0.462 e. The minimum Gasteiger partial charge on any atom is -0.462 e.